The van der Waals surface area contributed by atoms with Crippen molar-refractivity contribution in [3.8, 4) is 5.75 Å². The van der Waals surface area contributed by atoms with Crippen molar-refractivity contribution in [2.24, 2.45) is 0 Å². The molecule has 1 aliphatic rings. The van der Waals surface area contributed by atoms with E-state index in [0.29, 0.717) is 37.6 Å². The number of amides is 1. The van der Waals surface area contributed by atoms with E-state index in [2.05, 4.69) is 5.32 Å². The zero-order chi connectivity index (χ0) is 27.2. The molecule has 1 heterocycles. The zero-order valence-corrected chi connectivity index (χ0v) is 22.9. The summed E-state index contributed by atoms with van der Waals surface area (Å²) in [7, 11) is -4.13. The summed E-state index contributed by atoms with van der Waals surface area (Å²) in [5, 5.41) is 12.6. The first kappa shape index (κ1) is 29.2. The first-order chi connectivity index (χ1) is 17.5. The van der Waals surface area contributed by atoms with E-state index >= 15 is 0 Å². The molecule has 37 heavy (non-hydrogen) atoms. The number of benzene rings is 2. The molecular weight excluding hydrogens is 543 g/mol. The Morgan fingerprint density at radius 1 is 1.14 bits per heavy atom. The maximum Gasteiger partial charge on any atom is 0.326 e. The van der Waals surface area contributed by atoms with E-state index in [1.165, 1.54) is 25.1 Å². The van der Waals surface area contributed by atoms with E-state index in [1.54, 1.807) is 24.3 Å². The van der Waals surface area contributed by atoms with Gasteiger partial charge in [0, 0.05) is 29.6 Å². The summed E-state index contributed by atoms with van der Waals surface area (Å²) in [6, 6.07) is 9.54. The lowest BCUT2D eigenvalue weighted by Gasteiger charge is -2.34. The average Bonchev–Trinajstić information content (AvgIpc) is 3.25. The Kier molecular flexibility index (Phi) is 9.82. The fraction of sp³-hybridized carbons (Fsp3) is 0.440. The third kappa shape index (κ3) is 7.14. The van der Waals surface area contributed by atoms with Gasteiger partial charge >= 0.3 is 5.97 Å². The number of ether oxygens (including phenoxy) is 2. The van der Waals surface area contributed by atoms with Gasteiger partial charge in [-0.05, 0) is 62.6 Å². The number of hydrogen-bond acceptors (Lipinski definition) is 6. The Bertz CT molecular complexity index is 1200. The van der Waals surface area contributed by atoms with E-state index in [1.807, 2.05) is 6.92 Å². The molecule has 0 saturated carbocycles. The van der Waals surface area contributed by atoms with Crippen LogP contribution in [0.15, 0.2) is 47.4 Å². The van der Waals surface area contributed by atoms with Crippen LogP contribution in [0.5, 0.6) is 5.75 Å². The van der Waals surface area contributed by atoms with Gasteiger partial charge in [-0.15, -0.1) is 0 Å². The molecule has 3 rings (SSSR count). The van der Waals surface area contributed by atoms with Crippen LogP contribution in [0.4, 0.5) is 0 Å². The fourth-order valence-electron chi connectivity index (χ4n) is 4.19. The number of carbonyl (C=O) groups is 2. The van der Waals surface area contributed by atoms with Crippen LogP contribution in [0.1, 0.15) is 32.3 Å². The van der Waals surface area contributed by atoms with Crippen molar-refractivity contribution in [1.82, 2.24) is 9.62 Å². The Labute approximate surface area is 226 Å². The van der Waals surface area contributed by atoms with Crippen LogP contribution in [-0.4, -0.2) is 67.7 Å². The van der Waals surface area contributed by atoms with Crippen molar-refractivity contribution >= 4 is 45.1 Å². The van der Waals surface area contributed by atoms with Gasteiger partial charge in [-0.1, -0.05) is 35.3 Å². The van der Waals surface area contributed by atoms with Gasteiger partial charge in [0.15, 0.2) is 0 Å². The number of carboxylic acids is 1. The van der Waals surface area contributed by atoms with Crippen molar-refractivity contribution in [2.45, 2.75) is 49.6 Å². The lowest BCUT2D eigenvalue weighted by atomic mass is 9.97. The summed E-state index contributed by atoms with van der Waals surface area (Å²) >= 11 is 12.0. The predicted octanol–water partition coefficient (Wildman–Crippen LogP) is 3.76. The first-order valence-electron chi connectivity index (χ1n) is 11.8. The molecule has 2 aromatic carbocycles. The van der Waals surface area contributed by atoms with E-state index in [-0.39, 0.29) is 34.3 Å². The molecule has 1 amide bonds. The van der Waals surface area contributed by atoms with Gasteiger partial charge in [0.25, 0.3) is 0 Å². The van der Waals surface area contributed by atoms with E-state index in [0.717, 1.165) is 4.31 Å². The van der Waals surface area contributed by atoms with Crippen LogP contribution >= 0.6 is 23.2 Å². The van der Waals surface area contributed by atoms with Crippen LogP contribution in [-0.2, 0) is 30.8 Å². The average molecular weight is 573 g/mol. The minimum atomic E-state index is -4.13. The second-order valence-electron chi connectivity index (χ2n) is 8.82. The monoisotopic (exact) mass is 572 g/mol. The summed E-state index contributed by atoms with van der Waals surface area (Å²) in [5.41, 5.74) is -0.820. The highest BCUT2D eigenvalue weighted by Gasteiger charge is 2.50. The SMILES string of the molecule is CCOCCOc1ccc(CC(NC(=O)[C@]2(C)CCCN2S(=O)(=O)c2cc(Cl)cc(Cl)c2)C(=O)O)cc1. The molecule has 2 atom stereocenters. The smallest absolute Gasteiger partial charge is 0.326 e. The minimum Gasteiger partial charge on any atom is -0.491 e. The molecule has 1 fully saturated rings. The van der Waals surface area contributed by atoms with Gasteiger partial charge in [-0.25, -0.2) is 13.2 Å². The molecule has 1 unspecified atom stereocenters. The molecule has 0 aromatic heterocycles. The second kappa shape index (κ2) is 12.4. The van der Waals surface area contributed by atoms with Crippen LogP contribution < -0.4 is 10.1 Å². The molecule has 12 heteroatoms. The van der Waals surface area contributed by atoms with E-state index in [9.17, 15) is 23.1 Å². The van der Waals surface area contributed by atoms with Crippen LogP contribution in [0.25, 0.3) is 0 Å². The van der Waals surface area contributed by atoms with E-state index < -0.39 is 33.5 Å². The lowest BCUT2D eigenvalue weighted by molar-refractivity contribution is -0.143. The molecule has 1 aliphatic heterocycles. The largest absolute Gasteiger partial charge is 0.491 e. The summed E-state index contributed by atoms with van der Waals surface area (Å²) in [6.07, 6.45) is 0.666. The number of aliphatic carboxylic acids is 1. The number of carbonyl (C=O) groups excluding carboxylic acids is 1. The Morgan fingerprint density at radius 2 is 1.78 bits per heavy atom. The normalized spacial score (nSPS) is 18.9. The van der Waals surface area contributed by atoms with Crippen LogP contribution in [0, 0.1) is 0 Å². The number of nitrogens with one attached hydrogen (secondary N) is 1. The quantitative estimate of drug-likeness (QED) is 0.371. The molecule has 2 aromatic rings. The van der Waals surface area contributed by atoms with Crippen molar-refractivity contribution in [2.75, 3.05) is 26.4 Å². The molecule has 0 aliphatic carbocycles. The van der Waals surface area contributed by atoms with Gasteiger partial charge in [0.05, 0.1) is 11.5 Å². The molecule has 0 bridgehead atoms. The van der Waals surface area contributed by atoms with Gasteiger partial charge in [-0.3, -0.25) is 4.79 Å². The minimum absolute atomic E-state index is 0.00697. The van der Waals surface area contributed by atoms with Gasteiger partial charge in [-0.2, -0.15) is 4.31 Å². The number of hydrogen-bond donors (Lipinski definition) is 2. The van der Waals surface area contributed by atoms with Crippen molar-refractivity contribution < 1.29 is 32.6 Å². The highest BCUT2D eigenvalue weighted by molar-refractivity contribution is 7.89. The molecule has 0 spiro atoms. The lowest BCUT2D eigenvalue weighted by Crippen LogP contribution is -2.58. The van der Waals surface area contributed by atoms with Crippen molar-refractivity contribution in [3.05, 3.63) is 58.1 Å². The number of carboxylic acid groups (broad SMARTS) is 1. The zero-order valence-electron chi connectivity index (χ0n) is 20.6. The second-order valence-corrected chi connectivity index (χ2v) is 11.6. The summed E-state index contributed by atoms with van der Waals surface area (Å²) < 4.78 is 38.7. The third-order valence-corrected chi connectivity index (χ3v) is 8.59. The predicted molar refractivity (Wildman–Crippen MR) is 140 cm³/mol. The maximum absolute atomic E-state index is 13.4. The molecule has 202 valence electrons. The van der Waals surface area contributed by atoms with Gasteiger partial charge in [0.1, 0.15) is 23.9 Å². The summed E-state index contributed by atoms with van der Waals surface area (Å²) in [5.74, 6) is -1.31. The highest BCUT2D eigenvalue weighted by atomic mass is 35.5. The van der Waals surface area contributed by atoms with Gasteiger partial charge in [0.2, 0.25) is 15.9 Å². The first-order valence-corrected chi connectivity index (χ1v) is 14.0. The topological polar surface area (TPSA) is 122 Å². The van der Waals surface area contributed by atoms with Gasteiger partial charge < -0.3 is 19.9 Å². The number of nitrogens with zero attached hydrogens (tertiary/aromatic N) is 1. The third-order valence-electron chi connectivity index (χ3n) is 6.16. The van der Waals surface area contributed by atoms with Crippen LogP contribution in [0.3, 0.4) is 0 Å². The van der Waals surface area contributed by atoms with Crippen molar-refractivity contribution in [3.63, 3.8) is 0 Å². The van der Waals surface area contributed by atoms with Crippen LogP contribution in [0.2, 0.25) is 10.0 Å². The van der Waals surface area contributed by atoms with Crippen molar-refractivity contribution in [1.29, 1.82) is 0 Å². The summed E-state index contributed by atoms with van der Waals surface area (Å²) in [6.45, 7) is 4.93. The molecular formula is C25H30Cl2N2O7S. The molecule has 2 N–H and O–H groups in total. The number of sulfonamides is 1. The number of halogens is 2. The standard InChI is InChI=1S/C25H30Cl2N2O7S/c1-3-35-11-12-36-20-7-5-17(6-8-20)13-22(23(30)31)28-24(32)25(2)9-4-10-29(25)37(33,34)21-15-18(26)14-19(27)16-21/h5-8,14-16,22H,3-4,9-13H2,1-2H3,(H,28,32)(H,30,31)/t22?,25-/m0/s1. The Balaban J connectivity index is 1.73. The van der Waals surface area contributed by atoms with E-state index in [4.69, 9.17) is 32.7 Å². The summed E-state index contributed by atoms with van der Waals surface area (Å²) in [4.78, 5) is 25.2. The molecule has 0 radical (unpaired) electrons. The Hall–Kier alpha value is -2.37. The highest BCUT2D eigenvalue weighted by Crippen LogP contribution is 2.36. The molecule has 9 nitrogen and oxygen atoms in total. The Morgan fingerprint density at radius 3 is 2.38 bits per heavy atom. The molecule has 1 saturated heterocycles. The number of rotatable bonds is 12. The maximum atomic E-state index is 13.4. The fourth-order valence-corrected chi connectivity index (χ4v) is 6.73.